The highest BCUT2D eigenvalue weighted by atomic mass is 32.1. The number of hydrogen-bond donors (Lipinski definition) is 1. The van der Waals surface area contributed by atoms with Gasteiger partial charge in [0.1, 0.15) is 0 Å². The van der Waals surface area contributed by atoms with E-state index in [1.165, 1.54) is 38.8 Å². The molecule has 108 valence electrons. The third-order valence-corrected chi connectivity index (χ3v) is 5.21. The molecule has 2 atom stereocenters. The van der Waals surface area contributed by atoms with Crippen LogP contribution in [0.1, 0.15) is 50.5 Å². The largest absolute Gasteiger partial charge is 0.314 e. The molecule has 0 bridgehead atoms. The van der Waals surface area contributed by atoms with E-state index in [-0.39, 0.29) is 0 Å². The highest BCUT2D eigenvalue weighted by molar-refractivity contribution is 7.10. The molecule has 0 amide bonds. The quantitative estimate of drug-likeness (QED) is 0.855. The van der Waals surface area contributed by atoms with Crippen molar-refractivity contribution in [3.05, 3.63) is 21.9 Å². The zero-order valence-corrected chi connectivity index (χ0v) is 13.4. The molecule has 1 aromatic heterocycles. The summed E-state index contributed by atoms with van der Waals surface area (Å²) in [5.74, 6) is 0. The Labute approximate surface area is 122 Å². The van der Waals surface area contributed by atoms with Crippen LogP contribution in [0.3, 0.4) is 0 Å². The summed E-state index contributed by atoms with van der Waals surface area (Å²) in [6.07, 6.45) is 5.01. The molecular weight excluding hydrogens is 252 g/mol. The first-order valence-electron chi connectivity index (χ1n) is 7.77. The number of piperidine rings is 1. The summed E-state index contributed by atoms with van der Waals surface area (Å²) in [5, 5.41) is 5.92. The van der Waals surface area contributed by atoms with Crippen molar-refractivity contribution in [1.29, 1.82) is 0 Å². The Kier molecular flexibility index (Phi) is 5.86. The van der Waals surface area contributed by atoms with Crippen LogP contribution in [0.5, 0.6) is 0 Å². The van der Waals surface area contributed by atoms with Crippen molar-refractivity contribution >= 4 is 11.3 Å². The molecule has 0 aromatic carbocycles. The number of likely N-dealkylation sites (tertiary alicyclic amines) is 1. The molecule has 0 aliphatic carbocycles. The van der Waals surface area contributed by atoms with Crippen molar-refractivity contribution in [3.63, 3.8) is 0 Å². The van der Waals surface area contributed by atoms with Crippen LogP contribution in [-0.2, 0) is 13.0 Å². The predicted octanol–water partition coefficient (Wildman–Crippen LogP) is 3.66. The molecule has 1 saturated heterocycles. The third-order valence-electron chi connectivity index (χ3n) is 4.26. The van der Waals surface area contributed by atoms with Crippen molar-refractivity contribution < 1.29 is 0 Å². The average Bonchev–Trinajstić information content (AvgIpc) is 2.86. The van der Waals surface area contributed by atoms with Crippen molar-refractivity contribution in [2.45, 2.75) is 65.1 Å². The lowest BCUT2D eigenvalue weighted by Gasteiger charge is -2.38. The first-order chi connectivity index (χ1) is 9.24. The molecule has 0 spiro atoms. The Balaban J connectivity index is 1.86. The maximum Gasteiger partial charge on any atom is 0.0333 e. The normalized spacial score (nSPS) is 24.8. The van der Waals surface area contributed by atoms with Crippen LogP contribution in [-0.4, -0.2) is 30.1 Å². The van der Waals surface area contributed by atoms with Gasteiger partial charge in [0.05, 0.1) is 0 Å². The fourth-order valence-electron chi connectivity index (χ4n) is 2.99. The van der Waals surface area contributed by atoms with Crippen LogP contribution in [0.15, 0.2) is 11.4 Å². The van der Waals surface area contributed by atoms with Gasteiger partial charge in [0.15, 0.2) is 0 Å². The van der Waals surface area contributed by atoms with Gasteiger partial charge in [0.2, 0.25) is 0 Å². The summed E-state index contributed by atoms with van der Waals surface area (Å²) in [7, 11) is 0. The fraction of sp³-hybridized carbons (Fsp3) is 0.750. The monoisotopic (exact) mass is 280 g/mol. The molecule has 1 aromatic rings. The topological polar surface area (TPSA) is 15.3 Å². The van der Waals surface area contributed by atoms with Gasteiger partial charge in [0, 0.05) is 30.1 Å². The van der Waals surface area contributed by atoms with Gasteiger partial charge in [-0.2, -0.15) is 0 Å². The van der Waals surface area contributed by atoms with Crippen LogP contribution < -0.4 is 5.32 Å². The molecule has 2 rings (SSSR count). The summed E-state index contributed by atoms with van der Waals surface area (Å²) < 4.78 is 0. The Morgan fingerprint density at radius 2 is 2.26 bits per heavy atom. The maximum atomic E-state index is 3.68. The van der Waals surface area contributed by atoms with Gasteiger partial charge < -0.3 is 5.32 Å². The van der Waals surface area contributed by atoms with E-state index in [2.05, 4.69) is 42.4 Å². The first kappa shape index (κ1) is 15.0. The summed E-state index contributed by atoms with van der Waals surface area (Å²) in [5.41, 5.74) is 1.54. The second kappa shape index (κ2) is 7.41. The standard InChI is InChI=1S/C16H28N2S/c1-4-8-17-15-6-9-18(13(3)11-15)12-16-14(5-2)7-10-19-16/h7,10,13,15,17H,4-6,8-9,11-12H2,1-3H3. The number of thiophene rings is 1. The number of nitrogens with one attached hydrogen (secondary N) is 1. The SMILES string of the molecule is CCCNC1CCN(Cc2sccc2CC)C(C)C1. The molecule has 0 radical (unpaired) electrons. The zero-order chi connectivity index (χ0) is 13.7. The minimum Gasteiger partial charge on any atom is -0.314 e. The van der Waals surface area contributed by atoms with E-state index in [0.29, 0.717) is 6.04 Å². The second-order valence-electron chi connectivity index (χ2n) is 5.72. The number of aryl methyl sites for hydroxylation is 1. The molecule has 0 saturated carbocycles. The molecular formula is C16H28N2S. The Bertz CT molecular complexity index is 375. The van der Waals surface area contributed by atoms with E-state index >= 15 is 0 Å². The molecule has 1 aliphatic rings. The molecule has 1 aliphatic heterocycles. The Morgan fingerprint density at radius 3 is 2.95 bits per heavy atom. The number of nitrogens with zero attached hydrogens (tertiary/aromatic N) is 1. The van der Waals surface area contributed by atoms with Gasteiger partial charge in [-0.05, 0) is 56.2 Å². The molecule has 2 unspecified atom stereocenters. The zero-order valence-electron chi connectivity index (χ0n) is 12.6. The summed E-state index contributed by atoms with van der Waals surface area (Å²) in [6, 6.07) is 3.73. The van der Waals surface area contributed by atoms with Gasteiger partial charge >= 0.3 is 0 Å². The Morgan fingerprint density at radius 1 is 1.42 bits per heavy atom. The first-order valence-corrected chi connectivity index (χ1v) is 8.65. The van der Waals surface area contributed by atoms with Crippen molar-refractivity contribution in [2.75, 3.05) is 13.1 Å². The lowest BCUT2D eigenvalue weighted by atomic mass is 9.98. The van der Waals surface area contributed by atoms with E-state index in [4.69, 9.17) is 0 Å². The van der Waals surface area contributed by atoms with Gasteiger partial charge in [-0.25, -0.2) is 0 Å². The van der Waals surface area contributed by atoms with E-state index in [0.717, 1.165) is 12.6 Å². The summed E-state index contributed by atoms with van der Waals surface area (Å²) >= 11 is 1.93. The van der Waals surface area contributed by atoms with Gasteiger partial charge in [-0.15, -0.1) is 11.3 Å². The second-order valence-corrected chi connectivity index (χ2v) is 6.72. The van der Waals surface area contributed by atoms with E-state index in [1.807, 2.05) is 11.3 Å². The van der Waals surface area contributed by atoms with Gasteiger partial charge in [-0.1, -0.05) is 13.8 Å². The van der Waals surface area contributed by atoms with Crippen LogP contribution in [0.2, 0.25) is 0 Å². The highest BCUT2D eigenvalue weighted by Crippen LogP contribution is 2.24. The summed E-state index contributed by atoms with van der Waals surface area (Å²) in [4.78, 5) is 4.24. The number of hydrogen-bond acceptors (Lipinski definition) is 3. The van der Waals surface area contributed by atoms with Crippen LogP contribution in [0.4, 0.5) is 0 Å². The fourth-order valence-corrected chi connectivity index (χ4v) is 4.00. The van der Waals surface area contributed by atoms with Crippen molar-refractivity contribution in [2.24, 2.45) is 0 Å². The van der Waals surface area contributed by atoms with E-state index < -0.39 is 0 Å². The molecule has 1 fully saturated rings. The molecule has 19 heavy (non-hydrogen) atoms. The van der Waals surface area contributed by atoms with Crippen LogP contribution >= 0.6 is 11.3 Å². The molecule has 2 heterocycles. The minimum atomic E-state index is 0.704. The van der Waals surface area contributed by atoms with E-state index in [1.54, 1.807) is 10.4 Å². The van der Waals surface area contributed by atoms with Crippen LogP contribution in [0.25, 0.3) is 0 Å². The maximum absolute atomic E-state index is 3.68. The van der Waals surface area contributed by atoms with Gasteiger partial charge in [-0.3, -0.25) is 4.90 Å². The van der Waals surface area contributed by atoms with Crippen molar-refractivity contribution in [3.8, 4) is 0 Å². The van der Waals surface area contributed by atoms with Crippen molar-refractivity contribution in [1.82, 2.24) is 10.2 Å². The minimum absolute atomic E-state index is 0.704. The average molecular weight is 280 g/mol. The summed E-state index contributed by atoms with van der Waals surface area (Å²) in [6.45, 7) is 10.5. The molecule has 3 heteroatoms. The third kappa shape index (κ3) is 4.04. The lowest BCUT2D eigenvalue weighted by molar-refractivity contribution is 0.129. The predicted molar refractivity (Wildman–Crippen MR) is 84.9 cm³/mol. The highest BCUT2D eigenvalue weighted by Gasteiger charge is 2.25. The van der Waals surface area contributed by atoms with Crippen LogP contribution in [0, 0.1) is 0 Å². The smallest absolute Gasteiger partial charge is 0.0333 e. The Hall–Kier alpha value is -0.380. The van der Waals surface area contributed by atoms with Gasteiger partial charge in [0.25, 0.3) is 0 Å². The number of rotatable bonds is 6. The van der Waals surface area contributed by atoms with E-state index in [9.17, 15) is 0 Å². The molecule has 1 N–H and O–H groups in total. The lowest BCUT2D eigenvalue weighted by Crippen LogP contribution is -2.47. The molecule has 2 nitrogen and oxygen atoms in total.